The molecule has 192 valence electrons. The van der Waals surface area contributed by atoms with Gasteiger partial charge in [0.15, 0.2) is 6.29 Å². The minimum absolute atomic E-state index is 0.470. The van der Waals surface area contributed by atoms with Gasteiger partial charge in [0.05, 0.1) is 12.6 Å². The molecule has 0 unspecified atom stereocenters. The third kappa shape index (κ3) is 50.6. The van der Waals surface area contributed by atoms with Gasteiger partial charge in [-0.15, -0.1) is 0 Å². The molecule has 16 nitrogen and oxygen atoms in total. The Labute approximate surface area is 183 Å². The number of aliphatic carboxylic acids is 5. The second kappa shape index (κ2) is 24.4. The van der Waals surface area contributed by atoms with Crippen LogP contribution in [-0.4, -0.2) is 113 Å². The Hall–Kier alpha value is -2.89. The normalized spacial score (nSPS) is 22.4. The van der Waals surface area contributed by atoms with Crippen LogP contribution in [-0.2, 0) is 28.7 Å². The minimum Gasteiger partial charge on any atom is -0.481 e. The van der Waals surface area contributed by atoms with Crippen molar-refractivity contribution in [1.29, 1.82) is 0 Å². The van der Waals surface area contributed by atoms with Crippen LogP contribution in [0.3, 0.4) is 0 Å². The zero-order chi connectivity index (χ0) is 27.2. The summed E-state index contributed by atoms with van der Waals surface area (Å²) >= 11 is 0. The molecular formula is C16H33NO15. The summed E-state index contributed by atoms with van der Waals surface area (Å²) in [7, 11) is 0. The molecule has 32 heavy (non-hydrogen) atoms. The van der Waals surface area contributed by atoms with Gasteiger partial charge >= 0.3 is 0 Å². The van der Waals surface area contributed by atoms with Crippen molar-refractivity contribution in [1.82, 2.24) is 0 Å². The van der Waals surface area contributed by atoms with Crippen LogP contribution in [0.4, 0.5) is 0 Å². The summed E-state index contributed by atoms with van der Waals surface area (Å²) in [5.41, 5.74) is 5.26. The van der Waals surface area contributed by atoms with Gasteiger partial charge in [-0.3, -0.25) is 24.0 Å². The summed E-state index contributed by atoms with van der Waals surface area (Å²) < 4.78 is 4.70. The minimum atomic E-state index is -1.35. The zero-order valence-electron chi connectivity index (χ0n) is 18.1. The van der Waals surface area contributed by atoms with E-state index >= 15 is 0 Å². The lowest BCUT2D eigenvalue weighted by atomic mass is 9.98. The molecule has 1 saturated heterocycles. The molecule has 0 spiro atoms. The van der Waals surface area contributed by atoms with Crippen molar-refractivity contribution in [3.05, 3.63) is 0 Å². The summed E-state index contributed by atoms with van der Waals surface area (Å²) in [5.74, 6) is -4.17. The Bertz CT molecular complexity index is 445. The fourth-order valence-corrected chi connectivity index (χ4v) is 1.12. The average Bonchev–Trinajstić information content (AvgIpc) is 2.53. The first-order chi connectivity index (χ1) is 14.2. The van der Waals surface area contributed by atoms with Gasteiger partial charge in [-0.05, 0) is 0 Å². The number of aliphatic hydroxyl groups excluding tert-OH is 4. The lowest BCUT2D eigenvalue weighted by molar-refractivity contribution is -0.248. The van der Waals surface area contributed by atoms with Crippen LogP contribution in [0.1, 0.15) is 34.6 Å². The first kappa shape index (κ1) is 39.6. The van der Waals surface area contributed by atoms with Crippen LogP contribution in [0.2, 0.25) is 0 Å². The van der Waals surface area contributed by atoms with Crippen LogP contribution >= 0.6 is 0 Å². The van der Waals surface area contributed by atoms with Gasteiger partial charge in [-0.1, -0.05) is 0 Å². The number of carboxylic acid groups (broad SMARTS) is 5. The van der Waals surface area contributed by atoms with Crippen molar-refractivity contribution in [2.75, 3.05) is 6.61 Å². The van der Waals surface area contributed by atoms with Gasteiger partial charge in [0, 0.05) is 34.6 Å². The maximum atomic E-state index is 9.20. The number of hydrogen-bond acceptors (Lipinski definition) is 11. The summed E-state index contributed by atoms with van der Waals surface area (Å²) in [6.45, 7) is 4.95. The molecule has 0 radical (unpaired) electrons. The van der Waals surface area contributed by atoms with E-state index in [2.05, 4.69) is 0 Å². The molecule has 0 aromatic carbocycles. The molecule has 0 aromatic heterocycles. The van der Waals surface area contributed by atoms with E-state index in [1.807, 2.05) is 0 Å². The smallest absolute Gasteiger partial charge is 0.300 e. The number of ether oxygens (including phenoxy) is 1. The summed E-state index contributed by atoms with van der Waals surface area (Å²) in [6.07, 6.45) is -4.85. The molecule has 1 heterocycles. The Kier molecular flexibility index (Phi) is 30.1. The largest absolute Gasteiger partial charge is 0.481 e. The molecule has 0 amide bonds. The number of hydrogen-bond donors (Lipinski definition) is 10. The molecule has 0 saturated carbocycles. The van der Waals surface area contributed by atoms with Crippen molar-refractivity contribution in [2.24, 2.45) is 5.73 Å². The Morgan fingerprint density at radius 1 is 0.656 bits per heavy atom. The maximum Gasteiger partial charge on any atom is 0.300 e. The van der Waals surface area contributed by atoms with E-state index in [1.165, 1.54) is 0 Å². The molecule has 1 aliphatic heterocycles. The molecule has 1 rings (SSSR count). The SMILES string of the molecule is CC(=O)O.CC(=O)O.CC(=O)O.CC(=O)O.CC(=O)O.N[C@@H]1[C@@H](O)[C@@H](O)[C@@H](CO)O[C@H]1O. The van der Waals surface area contributed by atoms with E-state index in [-0.39, 0.29) is 0 Å². The van der Waals surface area contributed by atoms with Gasteiger partial charge < -0.3 is 56.4 Å². The van der Waals surface area contributed by atoms with Gasteiger partial charge in [0.25, 0.3) is 29.8 Å². The fraction of sp³-hybridized carbons (Fsp3) is 0.688. The molecule has 11 N–H and O–H groups in total. The van der Waals surface area contributed by atoms with Crippen LogP contribution in [0.5, 0.6) is 0 Å². The summed E-state index contributed by atoms with van der Waals surface area (Å²) in [5, 5.41) is 73.1. The number of carbonyl (C=O) groups is 5. The highest BCUT2D eigenvalue weighted by Gasteiger charge is 2.41. The summed E-state index contributed by atoms with van der Waals surface area (Å²) in [6, 6.07) is -1.04. The number of carboxylic acids is 5. The van der Waals surface area contributed by atoms with Gasteiger partial charge in [-0.25, -0.2) is 0 Å². The van der Waals surface area contributed by atoms with Crippen LogP contribution < -0.4 is 5.73 Å². The predicted octanol–water partition coefficient (Wildman–Crippen LogP) is -2.80. The van der Waals surface area contributed by atoms with Gasteiger partial charge in [-0.2, -0.15) is 0 Å². The summed E-state index contributed by atoms with van der Waals surface area (Å²) in [4.78, 5) is 45.0. The maximum absolute atomic E-state index is 9.20. The van der Waals surface area contributed by atoms with E-state index in [1.54, 1.807) is 0 Å². The zero-order valence-corrected chi connectivity index (χ0v) is 18.1. The van der Waals surface area contributed by atoms with E-state index in [0.717, 1.165) is 34.6 Å². The Balaban J connectivity index is -0.000000102. The van der Waals surface area contributed by atoms with E-state index in [0.29, 0.717) is 0 Å². The van der Waals surface area contributed by atoms with Crippen molar-refractivity contribution in [3.63, 3.8) is 0 Å². The molecular weight excluding hydrogens is 446 g/mol. The van der Waals surface area contributed by atoms with Crippen molar-refractivity contribution < 1.29 is 74.7 Å². The highest BCUT2D eigenvalue weighted by Crippen LogP contribution is 2.17. The quantitative estimate of drug-likeness (QED) is 0.181. The first-order valence-corrected chi connectivity index (χ1v) is 8.28. The second-order valence-electron chi connectivity index (χ2n) is 5.40. The Morgan fingerprint density at radius 3 is 1.06 bits per heavy atom. The van der Waals surface area contributed by atoms with E-state index in [4.69, 9.17) is 70.2 Å². The Morgan fingerprint density at radius 2 is 0.875 bits per heavy atom. The van der Waals surface area contributed by atoms with Crippen LogP contribution in [0.15, 0.2) is 0 Å². The van der Waals surface area contributed by atoms with E-state index < -0.39 is 67.1 Å². The molecule has 0 aromatic rings. The third-order valence-corrected chi connectivity index (χ3v) is 1.95. The number of aliphatic hydroxyl groups is 4. The molecule has 1 fully saturated rings. The number of rotatable bonds is 1. The second-order valence-corrected chi connectivity index (χ2v) is 5.40. The van der Waals surface area contributed by atoms with Crippen LogP contribution in [0, 0.1) is 0 Å². The van der Waals surface area contributed by atoms with Crippen molar-refractivity contribution >= 4 is 29.8 Å². The monoisotopic (exact) mass is 479 g/mol. The third-order valence-electron chi connectivity index (χ3n) is 1.95. The predicted molar refractivity (Wildman–Crippen MR) is 105 cm³/mol. The highest BCUT2D eigenvalue weighted by molar-refractivity contribution is 5.63. The molecule has 16 heteroatoms. The fourth-order valence-electron chi connectivity index (χ4n) is 1.12. The average molecular weight is 479 g/mol. The van der Waals surface area contributed by atoms with Gasteiger partial charge in [0.2, 0.25) is 0 Å². The lowest BCUT2D eigenvalue weighted by Crippen LogP contribution is -2.61. The highest BCUT2D eigenvalue weighted by atomic mass is 16.6. The molecule has 0 aliphatic carbocycles. The standard InChI is InChI=1S/C6H13NO5.5C2H4O2/c7-3-5(10)4(9)2(1-8)12-6(3)11;5*1-2(3)4/h2-6,8-11H,1,7H2;5*1H3,(H,3,4)/t2-,3-,4+,5-,6-;;;;;/m1...../s1. The lowest BCUT2D eigenvalue weighted by Gasteiger charge is -2.38. The van der Waals surface area contributed by atoms with Crippen LogP contribution in [0.25, 0.3) is 0 Å². The van der Waals surface area contributed by atoms with Crippen molar-refractivity contribution in [3.8, 4) is 0 Å². The van der Waals surface area contributed by atoms with Gasteiger partial charge in [0.1, 0.15) is 18.3 Å². The van der Waals surface area contributed by atoms with Crippen molar-refractivity contribution in [2.45, 2.75) is 65.3 Å². The van der Waals surface area contributed by atoms with E-state index in [9.17, 15) is 10.2 Å². The molecule has 0 bridgehead atoms. The molecule has 1 aliphatic rings. The molecule has 5 atom stereocenters. The number of nitrogens with two attached hydrogens (primary N) is 1. The first-order valence-electron chi connectivity index (χ1n) is 8.28. The topological polar surface area (TPSA) is 303 Å².